The third-order valence-corrected chi connectivity index (χ3v) is 2.05. The highest BCUT2D eigenvalue weighted by atomic mass is 16.4. The predicted octanol–water partition coefficient (Wildman–Crippen LogP) is 2.76. The number of allylic oxidation sites excluding steroid dienone is 1. The van der Waals surface area contributed by atoms with Gasteiger partial charge in [0.15, 0.2) is 5.89 Å². The molecule has 12 heavy (non-hydrogen) atoms. The largest absolute Gasteiger partial charge is 0.445 e. The lowest BCUT2D eigenvalue weighted by atomic mass is 10.1. The molecule has 0 spiro atoms. The van der Waals surface area contributed by atoms with Gasteiger partial charge in [-0.25, -0.2) is 4.98 Å². The van der Waals surface area contributed by atoms with Gasteiger partial charge in [0.05, 0.1) is 0 Å². The first kappa shape index (κ1) is 7.59. The second-order valence-electron chi connectivity index (χ2n) is 3.46. The van der Waals surface area contributed by atoms with Crippen molar-refractivity contribution in [2.45, 2.75) is 32.6 Å². The summed E-state index contributed by atoms with van der Waals surface area (Å²) in [6.07, 6.45) is 6.29. The van der Waals surface area contributed by atoms with E-state index < -0.39 is 0 Å². The van der Waals surface area contributed by atoms with Gasteiger partial charge in [0, 0.05) is 12.3 Å². The number of aromatic nitrogens is 1. The summed E-state index contributed by atoms with van der Waals surface area (Å²) in [5.74, 6) is 2.32. The molecule has 1 aliphatic rings. The van der Waals surface area contributed by atoms with Crippen LogP contribution in [0.15, 0.2) is 10.5 Å². The fourth-order valence-electron chi connectivity index (χ4n) is 1.35. The minimum absolute atomic E-state index is 0.393. The lowest BCUT2D eigenvalue weighted by Gasteiger charge is -1.98. The molecule has 0 saturated heterocycles. The monoisotopic (exact) mass is 163 g/mol. The number of oxazole rings is 1. The van der Waals surface area contributed by atoms with E-state index in [0.29, 0.717) is 5.92 Å². The summed E-state index contributed by atoms with van der Waals surface area (Å²) in [6.45, 7) is 4.20. The van der Waals surface area contributed by atoms with Crippen molar-refractivity contribution < 1.29 is 4.42 Å². The number of nitrogens with zero attached hydrogens (tertiary/aromatic N) is 1. The van der Waals surface area contributed by atoms with Gasteiger partial charge in [0.1, 0.15) is 11.5 Å². The zero-order valence-corrected chi connectivity index (χ0v) is 7.50. The van der Waals surface area contributed by atoms with Crippen LogP contribution in [0.5, 0.6) is 0 Å². The summed E-state index contributed by atoms with van der Waals surface area (Å²) in [6, 6.07) is 0. The molecule has 1 aliphatic carbocycles. The molecule has 0 saturated carbocycles. The molecule has 0 atom stereocenters. The van der Waals surface area contributed by atoms with E-state index in [9.17, 15) is 0 Å². The first-order valence-corrected chi connectivity index (χ1v) is 4.43. The van der Waals surface area contributed by atoms with E-state index >= 15 is 0 Å². The van der Waals surface area contributed by atoms with Gasteiger partial charge in [-0.1, -0.05) is 19.9 Å². The Hall–Kier alpha value is -1.05. The van der Waals surface area contributed by atoms with Crippen LogP contribution in [-0.4, -0.2) is 4.98 Å². The Labute approximate surface area is 72.3 Å². The highest BCUT2D eigenvalue weighted by Crippen LogP contribution is 2.23. The lowest BCUT2D eigenvalue weighted by Crippen LogP contribution is -1.89. The average molecular weight is 163 g/mol. The van der Waals surface area contributed by atoms with Crippen LogP contribution in [0.2, 0.25) is 0 Å². The zero-order valence-electron chi connectivity index (χ0n) is 7.50. The Morgan fingerprint density at radius 2 is 2.33 bits per heavy atom. The molecule has 0 amide bonds. The highest BCUT2D eigenvalue weighted by Gasteiger charge is 2.14. The third-order valence-electron chi connectivity index (χ3n) is 2.05. The van der Waals surface area contributed by atoms with Gasteiger partial charge < -0.3 is 4.42 Å². The summed E-state index contributed by atoms with van der Waals surface area (Å²) in [5.41, 5.74) is 1.03. The molecule has 0 bridgehead atoms. The number of rotatable bonds is 1. The van der Waals surface area contributed by atoms with Crippen LogP contribution in [0.3, 0.4) is 0 Å². The third kappa shape index (κ3) is 1.17. The van der Waals surface area contributed by atoms with Crippen molar-refractivity contribution in [2.24, 2.45) is 0 Å². The Kier molecular flexibility index (Phi) is 1.75. The number of aryl methyl sites for hydroxylation is 1. The van der Waals surface area contributed by atoms with Crippen molar-refractivity contribution in [1.82, 2.24) is 4.98 Å². The maximum absolute atomic E-state index is 5.61. The van der Waals surface area contributed by atoms with Crippen molar-refractivity contribution in [1.29, 1.82) is 0 Å². The topological polar surface area (TPSA) is 26.0 Å². The second-order valence-corrected chi connectivity index (χ2v) is 3.46. The van der Waals surface area contributed by atoms with Gasteiger partial charge >= 0.3 is 0 Å². The summed E-state index contributed by atoms with van der Waals surface area (Å²) < 4.78 is 5.61. The molecular weight excluding hydrogens is 150 g/mol. The molecule has 1 heterocycles. The fraction of sp³-hybridized carbons (Fsp3) is 0.500. The van der Waals surface area contributed by atoms with E-state index in [2.05, 4.69) is 24.9 Å². The summed E-state index contributed by atoms with van der Waals surface area (Å²) in [7, 11) is 0. The Morgan fingerprint density at radius 3 is 3.00 bits per heavy atom. The van der Waals surface area contributed by atoms with Crippen LogP contribution in [0.1, 0.15) is 43.5 Å². The molecule has 2 nitrogen and oxygen atoms in total. The highest BCUT2D eigenvalue weighted by molar-refractivity contribution is 5.49. The van der Waals surface area contributed by atoms with Crippen molar-refractivity contribution in [3.05, 3.63) is 23.4 Å². The summed E-state index contributed by atoms with van der Waals surface area (Å²) in [5, 5.41) is 0. The minimum Gasteiger partial charge on any atom is -0.445 e. The van der Waals surface area contributed by atoms with Gasteiger partial charge in [-0.2, -0.15) is 0 Å². The minimum atomic E-state index is 0.393. The summed E-state index contributed by atoms with van der Waals surface area (Å²) >= 11 is 0. The number of hydrogen-bond acceptors (Lipinski definition) is 2. The van der Waals surface area contributed by atoms with Gasteiger partial charge in [-0.15, -0.1) is 0 Å². The Morgan fingerprint density at radius 1 is 1.50 bits per heavy atom. The molecule has 2 rings (SSSR count). The first-order chi connectivity index (χ1) is 5.77. The number of hydrogen-bond donors (Lipinski definition) is 0. The van der Waals surface area contributed by atoms with E-state index in [4.69, 9.17) is 4.42 Å². The van der Waals surface area contributed by atoms with Crippen LogP contribution < -0.4 is 0 Å². The molecular formula is C10H13NO. The van der Waals surface area contributed by atoms with E-state index in [-0.39, 0.29) is 0 Å². The van der Waals surface area contributed by atoms with Crippen molar-refractivity contribution in [3.63, 3.8) is 0 Å². The smallest absolute Gasteiger partial charge is 0.197 e. The number of fused-ring (bicyclic) bond motifs is 1. The maximum atomic E-state index is 5.61. The fourth-order valence-corrected chi connectivity index (χ4v) is 1.35. The van der Waals surface area contributed by atoms with Crippen molar-refractivity contribution in [2.75, 3.05) is 0 Å². The van der Waals surface area contributed by atoms with Crippen molar-refractivity contribution >= 4 is 6.08 Å². The second kappa shape index (κ2) is 2.77. The average Bonchev–Trinajstić information content (AvgIpc) is 2.46. The molecule has 1 aromatic rings. The summed E-state index contributed by atoms with van der Waals surface area (Å²) in [4.78, 5) is 4.40. The Balaban J connectivity index is 2.39. The molecule has 0 aliphatic heterocycles. The van der Waals surface area contributed by atoms with Crippen LogP contribution in [0.25, 0.3) is 6.08 Å². The zero-order chi connectivity index (χ0) is 8.55. The molecule has 0 fully saturated rings. The van der Waals surface area contributed by atoms with Crippen LogP contribution in [-0.2, 0) is 6.42 Å². The maximum Gasteiger partial charge on any atom is 0.197 e. The first-order valence-electron chi connectivity index (χ1n) is 4.43. The normalized spacial score (nSPS) is 15.2. The SMILES string of the molecule is CC(C)c1nc2c(o1)CCC=C2. The van der Waals surface area contributed by atoms with Gasteiger partial charge in [0.2, 0.25) is 0 Å². The van der Waals surface area contributed by atoms with Crippen molar-refractivity contribution in [3.8, 4) is 0 Å². The van der Waals surface area contributed by atoms with E-state index in [1.807, 2.05) is 6.08 Å². The molecule has 0 aromatic carbocycles. The van der Waals surface area contributed by atoms with E-state index in [0.717, 1.165) is 30.2 Å². The molecule has 0 radical (unpaired) electrons. The van der Waals surface area contributed by atoms with Gasteiger partial charge in [-0.3, -0.25) is 0 Å². The van der Waals surface area contributed by atoms with E-state index in [1.165, 1.54) is 0 Å². The molecule has 0 unspecified atom stereocenters. The lowest BCUT2D eigenvalue weighted by molar-refractivity contribution is 0.435. The Bertz CT molecular complexity index is 310. The van der Waals surface area contributed by atoms with Crippen LogP contribution in [0, 0.1) is 0 Å². The molecule has 64 valence electrons. The van der Waals surface area contributed by atoms with Gasteiger partial charge in [0.25, 0.3) is 0 Å². The molecule has 1 aromatic heterocycles. The standard InChI is InChI=1S/C10H13NO/c1-7(2)10-11-8-5-3-4-6-9(8)12-10/h3,5,7H,4,6H2,1-2H3. The quantitative estimate of drug-likeness (QED) is 0.636. The predicted molar refractivity (Wildman–Crippen MR) is 47.9 cm³/mol. The van der Waals surface area contributed by atoms with E-state index in [1.54, 1.807) is 0 Å². The van der Waals surface area contributed by atoms with Gasteiger partial charge in [-0.05, 0) is 12.5 Å². The molecule has 0 N–H and O–H groups in total. The van der Waals surface area contributed by atoms with Crippen LogP contribution in [0.4, 0.5) is 0 Å². The molecule has 2 heteroatoms. The van der Waals surface area contributed by atoms with Crippen LogP contribution >= 0.6 is 0 Å².